The molecule has 0 saturated carbocycles. The quantitative estimate of drug-likeness (QED) is 0.630. The second-order valence-corrected chi connectivity index (χ2v) is 4.24. The SMILES string of the molecule is O=C(O)CC1CN(C(=O)c2ccc([N+](=O)[O-])o2)CCO1. The number of ether oxygens (including phenoxy) is 1. The Morgan fingerprint density at radius 2 is 2.25 bits per heavy atom. The average molecular weight is 284 g/mol. The Balaban J connectivity index is 2.04. The van der Waals surface area contributed by atoms with Crippen LogP contribution >= 0.6 is 0 Å². The van der Waals surface area contributed by atoms with Crippen molar-refractivity contribution in [3.63, 3.8) is 0 Å². The Kier molecular flexibility index (Phi) is 3.99. The summed E-state index contributed by atoms with van der Waals surface area (Å²) in [7, 11) is 0. The monoisotopic (exact) mass is 284 g/mol. The van der Waals surface area contributed by atoms with Gasteiger partial charge in [-0.15, -0.1) is 0 Å². The lowest BCUT2D eigenvalue weighted by Crippen LogP contribution is -2.46. The van der Waals surface area contributed by atoms with Gasteiger partial charge in [0.2, 0.25) is 0 Å². The first-order valence-corrected chi connectivity index (χ1v) is 5.84. The maximum absolute atomic E-state index is 12.1. The Bertz CT molecular complexity index is 539. The Labute approximate surface area is 112 Å². The van der Waals surface area contributed by atoms with Gasteiger partial charge in [0.25, 0.3) is 5.91 Å². The lowest BCUT2D eigenvalue weighted by atomic mass is 10.2. The van der Waals surface area contributed by atoms with Gasteiger partial charge in [-0.1, -0.05) is 0 Å². The van der Waals surface area contributed by atoms with Gasteiger partial charge in [0.1, 0.15) is 4.92 Å². The highest BCUT2D eigenvalue weighted by Crippen LogP contribution is 2.19. The molecule has 1 saturated heterocycles. The molecule has 1 N–H and O–H groups in total. The van der Waals surface area contributed by atoms with Crippen LogP contribution in [0.5, 0.6) is 0 Å². The Morgan fingerprint density at radius 1 is 1.50 bits per heavy atom. The van der Waals surface area contributed by atoms with Crippen molar-refractivity contribution in [2.75, 3.05) is 19.7 Å². The first-order chi connectivity index (χ1) is 9.47. The smallest absolute Gasteiger partial charge is 0.433 e. The highest BCUT2D eigenvalue weighted by atomic mass is 16.6. The third-order valence-electron chi connectivity index (χ3n) is 2.81. The van der Waals surface area contributed by atoms with Gasteiger partial charge < -0.3 is 19.2 Å². The fraction of sp³-hybridized carbons (Fsp3) is 0.455. The number of furan rings is 1. The van der Waals surface area contributed by atoms with Crippen molar-refractivity contribution < 1.29 is 28.8 Å². The van der Waals surface area contributed by atoms with E-state index in [0.29, 0.717) is 0 Å². The maximum atomic E-state index is 12.1. The predicted molar refractivity (Wildman–Crippen MR) is 63.3 cm³/mol. The molecule has 0 aliphatic carbocycles. The van der Waals surface area contributed by atoms with Crippen molar-refractivity contribution in [1.82, 2.24) is 4.90 Å². The number of hydrogen-bond acceptors (Lipinski definition) is 6. The van der Waals surface area contributed by atoms with Crippen LogP contribution in [0.3, 0.4) is 0 Å². The largest absolute Gasteiger partial charge is 0.481 e. The van der Waals surface area contributed by atoms with E-state index in [1.807, 2.05) is 0 Å². The molecule has 108 valence electrons. The molecule has 0 aromatic carbocycles. The first kappa shape index (κ1) is 14.0. The summed E-state index contributed by atoms with van der Waals surface area (Å²) in [6, 6.07) is 2.32. The van der Waals surface area contributed by atoms with E-state index in [1.165, 1.54) is 11.0 Å². The molecule has 2 heterocycles. The van der Waals surface area contributed by atoms with E-state index < -0.39 is 28.8 Å². The molecule has 1 aromatic heterocycles. The molecule has 1 aromatic rings. The number of carboxylic acids is 1. The van der Waals surface area contributed by atoms with E-state index in [0.717, 1.165) is 6.07 Å². The number of nitro groups is 1. The van der Waals surface area contributed by atoms with Crippen LogP contribution in [0.2, 0.25) is 0 Å². The highest BCUT2D eigenvalue weighted by Gasteiger charge is 2.29. The van der Waals surface area contributed by atoms with Gasteiger partial charge in [0.05, 0.1) is 25.2 Å². The average Bonchev–Trinajstić information content (AvgIpc) is 2.87. The number of carbonyl (C=O) groups is 2. The second-order valence-electron chi connectivity index (χ2n) is 4.24. The molecular weight excluding hydrogens is 272 g/mol. The molecule has 0 spiro atoms. The number of morpholine rings is 1. The fourth-order valence-electron chi connectivity index (χ4n) is 1.92. The number of rotatable bonds is 4. The molecular formula is C11H12N2O7. The van der Waals surface area contributed by atoms with Crippen LogP contribution in [0.4, 0.5) is 5.88 Å². The molecule has 1 unspecified atom stereocenters. The van der Waals surface area contributed by atoms with Gasteiger partial charge in [0.15, 0.2) is 5.76 Å². The van der Waals surface area contributed by atoms with Crippen LogP contribution in [0.25, 0.3) is 0 Å². The minimum atomic E-state index is -1.02. The number of carboxylic acid groups (broad SMARTS) is 1. The molecule has 1 atom stereocenters. The summed E-state index contributed by atoms with van der Waals surface area (Å²) in [5.74, 6) is -2.19. The fourth-order valence-corrected chi connectivity index (χ4v) is 1.92. The van der Waals surface area contributed by atoms with Crippen molar-refractivity contribution >= 4 is 17.8 Å². The van der Waals surface area contributed by atoms with E-state index in [9.17, 15) is 19.7 Å². The van der Waals surface area contributed by atoms with Crippen LogP contribution in [0, 0.1) is 10.1 Å². The van der Waals surface area contributed by atoms with E-state index in [1.54, 1.807) is 0 Å². The van der Waals surface area contributed by atoms with E-state index in [2.05, 4.69) is 0 Å². The third kappa shape index (κ3) is 3.12. The van der Waals surface area contributed by atoms with E-state index in [4.69, 9.17) is 14.3 Å². The second kappa shape index (κ2) is 5.70. The number of aliphatic carboxylic acids is 1. The van der Waals surface area contributed by atoms with Crippen molar-refractivity contribution in [1.29, 1.82) is 0 Å². The van der Waals surface area contributed by atoms with Gasteiger partial charge >= 0.3 is 11.9 Å². The molecule has 1 fully saturated rings. The zero-order valence-corrected chi connectivity index (χ0v) is 10.4. The van der Waals surface area contributed by atoms with Crippen LogP contribution < -0.4 is 0 Å². The lowest BCUT2D eigenvalue weighted by Gasteiger charge is -2.31. The van der Waals surface area contributed by atoms with Crippen molar-refractivity contribution in [3.05, 3.63) is 28.0 Å². The summed E-state index contributed by atoms with van der Waals surface area (Å²) in [6.07, 6.45) is -0.794. The first-order valence-electron chi connectivity index (χ1n) is 5.84. The molecule has 9 heteroatoms. The van der Waals surface area contributed by atoms with Gasteiger partial charge in [-0.2, -0.15) is 0 Å². The number of nitrogens with zero attached hydrogens (tertiary/aromatic N) is 2. The summed E-state index contributed by atoms with van der Waals surface area (Å²) in [4.78, 5) is 33.8. The van der Waals surface area contributed by atoms with Crippen LogP contribution in [-0.2, 0) is 9.53 Å². The molecule has 0 radical (unpaired) electrons. The van der Waals surface area contributed by atoms with Crippen LogP contribution in [-0.4, -0.2) is 52.6 Å². The molecule has 9 nitrogen and oxygen atoms in total. The number of hydrogen-bond donors (Lipinski definition) is 1. The van der Waals surface area contributed by atoms with Crippen LogP contribution in [0.1, 0.15) is 17.0 Å². The molecule has 2 rings (SSSR count). The van der Waals surface area contributed by atoms with E-state index in [-0.39, 0.29) is 31.9 Å². The normalized spacial score (nSPS) is 18.8. The summed E-state index contributed by atoms with van der Waals surface area (Å²) >= 11 is 0. The predicted octanol–water partition coefficient (Wildman–Crippen LogP) is 0.504. The lowest BCUT2D eigenvalue weighted by molar-refractivity contribution is -0.402. The molecule has 20 heavy (non-hydrogen) atoms. The minimum absolute atomic E-state index is 0.111. The van der Waals surface area contributed by atoms with Crippen molar-refractivity contribution in [2.24, 2.45) is 0 Å². The van der Waals surface area contributed by atoms with Gasteiger partial charge in [0, 0.05) is 13.1 Å². The summed E-state index contributed by atoms with van der Waals surface area (Å²) < 4.78 is 10.1. The molecule has 0 bridgehead atoms. The summed E-state index contributed by atoms with van der Waals surface area (Å²) in [6.45, 7) is 0.607. The topological polar surface area (TPSA) is 123 Å². The van der Waals surface area contributed by atoms with Gasteiger partial charge in [-0.3, -0.25) is 19.7 Å². The summed E-state index contributed by atoms with van der Waals surface area (Å²) in [5.41, 5.74) is 0. The maximum Gasteiger partial charge on any atom is 0.433 e. The third-order valence-corrected chi connectivity index (χ3v) is 2.81. The minimum Gasteiger partial charge on any atom is -0.481 e. The zero-order chi connectivity index (χ0) is 14.7. The number of carbonyl (C=O) groups excluding carboxylic acids is 1. The van der Waals surface area contributed by atoms with Gasteiger partial charge in [-0.25, -0.2) is 0 Å². The Hall–Kier alpha value is -2.42. The summed E-state index contributed by atoms with van der Waals surface area (Å²) in [5, 5.41) is 19.2. The van der Waals surface area contributed by atoms with Crippen molar-refractivity contribution in [2.45, 2.75) is 12.5 Å². The van der Waals surface area contributed by atoms with Gasteiger partial charge in [-0.05, 0) is 6.07 Å². The highest BCUT2D eigenvalue weighted by molar-refractivity contribution is 5.91. The zero-order valence-electron chi connectivity index (χ0n) is 10.4. The molecule has 1 aliphatic heterocycles. The molecule has 1 amide bonds. The van der Waals surface area contributed by atoms with Crippen molar-refractivity contribution in [3.8, 4) is 0 Å². The Morgan fingerprint density at radius 3 is 2.85 bits per heavy atom. The molecule has 1 aliphatic rings. The number of amides is 1. The van der Waals surface area contributed by atoms with E-state index >= 15 is 0 Å². The van der Waals surface area contributed by atoms with Crippen LogP contribution in [0.15, 0.2) is 16.5 Å². The standard InChI is InChI=1S/C11H12N2O7/c14-10(15)5-7-6-12(3-4-19-7)11(16)8-1-2-9(20-8)13(17)18/h1-2,7H,3-6H2,(H,14,15).